The summed E-state index contributed by atoms with van der Waals surface area (Å²) in [5.41, 5.74) is 2.36. The van der Waals surface area contributed by atoms with Crippen LogP contribution in [-0.4, -0.2) is 18.1 Å². The minimum atomic E-state index is -0.742. The Kier molecular flexibility index (Phi) is 5.70. The van der Waals surface area contributed by atoms with Crippen molar-refractivity contribution in [2.75, 3.05) is 7.05 Å². The molecular formula is C14H21NO2. The lowest BCUT2D eigenvalue weighted by molar-refractivity contribution is -0.136. The van der Waals surface area contributed by atoms with Crippen LogP contribution in [0.2, 0.25) is 0 Å². The van der Waals surface area contributed by atoms with Crippen molar-refractivity contribution in [2.45, 2.75) is 38.6 Å². The average Bonchev–Trinajstić information content (AvgIpc) is 2.34. The summed E-state index contributed by atoms with van der Waals surface area (Å²) in [7, 11) is 1.97. The van der Waals surface area contributed by atoms with Gasteiger partial charge in [-0.1, -0.05) is 37.6 Å². The quantitative estimate of drug-likeness (QED) is 0.764. The second-order valence-corrected chi connectivity index (χ2v) is 4.27. The standard InChI is InChI=1S/C14H21NO2/c1-3-4-13(15-2)12-8-5-11(6-9-12)7-10-14(16)17/h5-6,8-9,13,15H,3-4,7,10H2,1-2H3,(H,16,17). The molecule has 1 aromatic rings. The van der Waals surface area contributed by atoms with Crippen LogP contribution in [0, 0.1) is 0 Å². The van der Waals surface area contributed by atoms with E-state index in [1.807, 2.05) is 19.2 Å². The van der Waals surface area contributed by atoms with Gasteiger partial charge in [0, 0.05) is 12.5 Å². The number of aliphatic carboxylic acids is 1. The lowest BCUT2D eigenvalue weighted by atomic mass is 10.00. The van der Waals surface area contributed by atoms with E-state index in [9.17, 15) is 4.79 Å². The Morgan fingerprint density at radius 2 is 2.00 bits per heavy atom. The molecule has 3 heteroatoms. The first-order valence-electron chi connectivity index (χ1n) is 6.15. The number of hydrogen-bond acceptors (Lipinski definition) is 2. The fourth-order valence-electron chi connectivity index (χ4n) is 1.93. The molecule has 94 valence electrons. The van der Waals surface area contributed by atoms with Gasteiger partial charge in [0.2, 0.25) is 0 Å². The van der Waals surface area contributed by atoms with Gasteiger partial charge in [-0.2, -0.15) is 0 Å². The third kappa shape index (κ3) is 4.57. The molecule has 0 aromatic heterocycles. The molecule has 0 radical (unpaired) electrons. The van der Waals surface area contributed by atoms with E-state index in [1.165, 1.54) is 5.56 Å². The number of hydrogen-bond donors (Lipinski definition) is 2. The lowest BCUT2D eigenvalue weighted by Crippen LogP contribution is -2.15. The van der Waals surface area contributed by atoms with Gasteiger partial charge in [0.05, 0.1) is 0 Å². The molecule has 1 aromatic carbocycles. The van der Waals surface area contributed by atoms with E-state index in [-0.39, 0.29) is 6.42 Å². The molecule has 0 heterocycles. The van der Waals surface area contributed by atoms with Gasteiger partial charge < -0.3 is 10.4 Å². The first kappa shape index (κ1) is 13.7. The molecule has 0 spiro atoms. The van der Waals surface area contributed by atoms with Gasteiger partial charge in [-0.3, -0.25) is 4.79 Å². The molecule has 0 fully saturated rings. The highest BCUT2D eigenvalue weighted by molar-refractivity contribution is 5.67. The van der Waals surface area contributed by atoms with Crippen molar-refractivity contribution in [1.29, 1.82) is 0 Å². The van der Waals surface area contributed by atoms with Gasteiger partial charge in [-0.25, -0.2) is 0 Å². The largest absolute Gasteiger partial charge is 0.481 e. The second kappa shape index (κ2) is 7.07. The molecule has 17 heavy (non-hydrogen) atoms. The summed E-state index contributed by atoms with van der Waals surface area (Å²) in [6, 6.07) is 8.63. The number of carbonyl (C=O) groups is 1. The molecule has 1 atom stereocenters. The van der Waals surface area contributed by atoms with Gasteiger partial charge in [0.25, 0.3) is 0 Å². The average molecular weight is 235 g/mol. The first-order chi connectivity index (χ1) is 8.17. The Hall–Kier alpha value is -1.35. The summed E-state index contributed by atoms with van der Waals surface area (Å²) in [6.45, 7) is 2.17. The summed E-state index contributed by atoms with van der Waals surface area (Å²) in [5, 5.41) is 11.9. The zero-order chi connectivity index (χ0) is 12.7. The van der Waals surface area contributed by atoms with Crippen LogP contribution in [-0.2, 0) is 11.2 Å². The van der Waals surface area contributed by atoms with Crippen molar-refractivity contribution in [2.24, 2.45) is 0 Å². The monoisotopic (exact) mass is 235 g/mol. The van der Waals surface area contributed by atoms with Gasteiger partial charge >= 0.3 is 5.97 Å². The van der Waals surface area contributed by atoms with E-state index in [2.05, 4.69) is 24.4 Å². The minimum Gasteiger partial charge on any atom is -0.481 e. The maximum Gasteiger partial charge on any atom is 0.303 e. The van der Waals surface area contributed by atoms with Gasteiger partial charge in [0.15, 0.2) is 0 Å². The van der Waals surface area contributed by atoms with Gasteiger partial charge in [0.1, 0.15) is 0 Å². The van der Waals surface area contributed by atoms with Crippen LogP contribution < -0.4 is 5.32 Å². The smallest absolute Gasteiger partial charge is 0.303 e. The first-order valence-corrected chi connectivity index (χ1v) is 6.15. The molecule has 0 saturated heterocycles. The molecule has 3 nitrogen and oxygen atoms in total. The number of rotatable bonds is 7. The van der Waals surface area contributed by atoms with Crippen LogP contribution in [0.4, 0.5) is 0 Å². The van der Waals surface area contributed by atoms with Crippen LogP contribution in [0.25, 0.3) is 0 Å². The number of nitrogens with one attached hydrogen (secondary N) is 1. The fourth-order valence-corrected chi connectivity index (χ4v) is 1.93. The summed E-state index contributed by atoms with van der Waals surface area (Å²) >= 11 is 0. The maximum absolute atomic E-state index is 10.5. The zero-order valence-electron chi connectivity index (χ0n) is 10.6. The fraction of sp³-hybridized carbons (Fsp3) is 0.500. The van der Waals surface area contributed by atoms with E-state index < -0.39 is 5.97 Å². The second-order valence-electron chi connectivity index (χ2n) is 4.27. The Balaban J connectivity index is 2.62. The summed E-state index contributed by atoms with van der Waals surface area (Å²) < 4.78 is 0. The summed E-state index contributed by atoms with van der Waals surface area (Å²) in [4.78, 5) is 10.5. The zero-order valence-corrected chi connectivity index (χ0v) is 10.6. The van der Waals surface area contributed by atoms with Crippen molar-refractivity contribution in [3.8, 4) is 0 Å². The van der Waals surface area contributed by atoms with Crippen LogP contribution in [0.15, 0.2) is 24.3 Å². The Morgan fingerprint density at radius 3 is 2.47 bits per heavy atom. The molecule has 0 saturated carbocycles. The van der Waals surface area contributed by atoms with Gasteiger partial charge in [-0.15, -0.1) is 0 Å². The van der Waals surface area contributed by atoms with Crippen molar-refractivity contribution in [3.63, 3.8) is 0 Å². The predicted octanol–water partition coefficient (Wildman–Crippen LogP) is 2.76. The molecule has 1 unspecified atom stereocenters. The van der Waals surface area contributed by atoms with E-state index in [4.69, 9.17) is 5.11 Å². The third-order valence-corrected chi connectivity index (χ3v) is 2.94. The van der Waals surface area contributed by atoms with Crippen LogP contribution in [0.5, 0.6) is 0 Å². The highest BCUT2D eigenvalue weighted by Gasteiger charge is 2.07. The Morgan fingerprint density at radius 1 is 1.35 bits per heavy atom. The minimum absolute atomic E-state index is 0.198. The highest BCUT2D eigenvalue weighted by atomic mass is 16.4. The molecule has 0 aliphatic heterocycles. The number of benzene rings is 1. The van der Waals surface area contributed by atoms with E-state index in [0.29, 0.717) is 12.5 Å². The Bertz CT molecular complexity index is 346. The molecule has 0 bridgehead atoms. The van der Waals surface area contributed by atoms with Crippen molar-refractivity contribution in [3.05, 3.63) is 35.4 Å². The Labute approximate surface area is 103 Å². The molecule has 1 rings (SSSR count). The molecule has 0 aliphatic rings. The highest BCUT2D eigenvalue weighted by Crippen LogP contribution is 2.18. The lowest BCUT2D eigenvalue weighted by Gasteiger charge is -2.15. The SMILES string of the molecule is CCCC(NC)c1ccc(CCC(=O)O)cc1. The molecule has 0 aliphatic carbocycles. The van der Waals surface area contributed by atoms with E-state index >= 15 is 0 Å². The molecular weight excluding hydrogens is 214 g/mol. The number of aryl methyl sites for hydroxylation is 1. The van der Waals surface area contributed by atoms with Crippen molar-refractivity contribution >= 4 is 5.97 Å². The number of carboxylic acids is 1. The predicted molar refractivity (Wildman–Crippen MR) is 69.1 cm³/mol. The molecule has 2 N–H and O–H groups in total. The normalized spacial score (nSPS) is 12.4. The number of carboxylic acid groups (broad SMARTS) is 1. The van der Waals surface area contributed by atoms with Gasteiger partial charge in [-0.05, 0) is 31.0 Å². The maximum atomic E-state index is 10.5. The van der Waals surface area contributed by atoms with E-state index in [0.717, 1.165) is 18.4 Å². The molecule has 0 amide bonds. The summed E-state index contributed by atoms with van der Waals surface area (Å²) in [6.07, 6.45) is 3.06. The third-order valence-electron chi connectivity index (χ3n) is 2.94. The topological polar surface area (TPSA) is 49.3 Å². The van der Waals surface area contributed by atoms with E-state index in [1.54, 1.807) is 0 Å². The van der Waals surface area contributed by atoms with Crippen LogP contribution in [0.1, 0.15) is 43.4 Å². The van der Waals surface area contributed by atoms with Crippen LogP contribution in [0.3, 0.4) is 0 Å². The van der Waals surface area contributed by atoms with Crippen molar-refractivity contribution in [1.82, 2.24) is 5.32 Å². The summed E-state index contributed by atoms with van der Waals surface area (Å²) in [5.74, 6) is -0.742. The van der Waals surface area contributed by atoms with Crippen molar-refractivity contribution < 1.29 is 9.90 Å². The van der Waals surface area contributed by atoms with Crippen LogP contribution >= 0.6 is 0 Å².